The van der Waals surface area contributed by atoms with Crippen LogP contribution in [0.3, 0.4) is 0 Å². The van der Waals surface area contributed by atoms with Crippen molar-refractivity contribution in [2.24, 2.45) is 0 Å². The fourth-order valence-electron chi connectivity index (χ4n) is 4.25. The molecule has 3 aromatic rings. The van der Waals surface area contributed by atoms with Crippen LogP contribution in [0, 0.1) is 6.92 Å². The predicted molar refractivity (Wildman–Crippen MR) is 123 cm³/mol. The Morgan fingerprint density at radius 2 is 1.91 bits per heavy atom. The van der Waals surface area contributed by atoms with Crippen LogP contribution < -0.4 is 19.5 Å². The van der Waals surface area contributed by atoms with Crippen molar-refractivity contribution < 1.29 is 19.0 Å². The van der Waals surface area contributed by atoms with Crippen LogP contribution in [-0.4, -0.2) is 54.7 Å². The number of hydrogen-bond donors (Lipinski definition) is 1. The van der Waals surface area contributed by atoms with Gasteiger partial charge in [-0.15, -0.1) is 0 Å². The van der Waals surface area contributed by atoms with E-state index in [0.717, 1.165) is 54.8 Å². The molecule has 1 saturated heterocycles. The Morgan fingerprint density at radius 1 is 1.09 bits per heavy atom. The molecule has 1 N–H and O–H groups in total. The third-order valence-electron chi connectivity index (χ3n) is 5.93. The number of aryl methyl sites for hydroxylation is 1. The molecule has 166 valence electrons. The fourth-order valence-corrected chi connectivity index (χ4v) is 4.25. The van der Waals surface area contributed by atoms with E-state index in [1.54, 1.807) is 0 Å². The smallest absolute Gasteiger partial charge is 0.262 e. The number of benzene rings is 2. The van der Waals surface area contributed by atoms with Gasteiger partial charge >= 0.3 is 0 Å². The summed E-state index contributed by atoms with van der Waals surface area (Å²) in [4.78, 5) is 18.5. The van der Waals surface area contributed by atoms with Gasteiger partial charge in [0.05, 0.1) is 11.2 Å². The molecular weight excluding hydrogens is 406 g/mol. The highest BCUT2D eigenvalue weighted by atomic mass is 16.5. The molecule has 1 fully saturated rings. The number of para-hydroxylation sites is 1. The summed E-state index contributed by atoms with van der Waals surface area (Å²) in [5.74, 6) is 2.07. The highest BCUT2D eigenvalue weighted by Gasteiger charge is 2.24. The van der Waals surface area contributed by atoms with Crippen LogP contribution >= 0.6 is 0 Å². The number of likely N-dealkylation sites (tertiary alicyclic amines) is 1. The number of ether oxygens (including phenoxy) is 3. The number of anilines is 1. The maximum Gasteiger partial charge on any atom is 0.262 e. The average molecular weight is 434 g/mol. The van der Waals surface area contributed by atoms with Gasteiger partial charge in [0, 0.05) is 30.7 Å². The molecule has 5 rings (SSSR count). The van der Waals surface area contributed by atoms with Crippen molar-refractivity contribution in [1.29, 1.82) is 0 Å². The van der Waals surface area contributed by atoms with Crippen LogP contribution in [0.5, 0.6) is 17.2 Å². The number of hydrogen-bond acceptors (Lipinski definition) is 6. The molecule has 7 nitrogen and oxygen atoms in total. The molecule has 32 heavy (non-hydrogen) atoms. The molecule has 2 aliphatic heterocycles. The van der Waals surface area contributed by atoms with E-state index in [4.69, 9.17) is 14.2 Å². The van der Waals surface area contributed by atoms with E-state index in [1.807, 2.05) is 49.4 Å². The number of nitrogens with zero attached hydrogens (tertiary/aromatic N) is 2. The topological polar surface area (TPSA) is 72.9 Å². The lowest BCUT2D eigenvalue weighted by Crippen LogP contribution is -2.40. The normalized spacial score (nSPS) is 16.8. The lowest BCUT2D eigenvalue weighted by atomic mass is 10.1. The lowest BCUT2D eigenvalue weighted by Gasteiger charge is -2.32. The molecule has 3 heterocycles. The minimum absolute atomic E-state index is 0.0260. The summed E-state index contributed by atoms with van der Waals surface area (Å²) in [5.41, 5.74) is 2.64. The van der Waals surface area contributed by atoms with Crippen molar-refractivity contribution in [3.05, 3.63) is 54.2 Å². The summed E-state index contributed by atoms with van der Waals surface area (Å²) in [6, 6.07) is 15.7. The first kappa shape index (κ1) is 20.6. The Bertz CT molecular complexity index is 1130. The van der Waals surface area contributed by atoms with Crippen molar-refractivity contribution >= 4 is 22.5 Å². The molecule has 0 aliphatic carbocycles. The Balaban J connectivity index is 1.12. The van der Waals surface area contributed by atoms with Crippen molar-refractivity contribution in [1.82, 2.24) is 9.88 Å². The van der Waals surface area contributed by atoms with E-state index in [2.05, 4.69) is 21.3 Å². The van der Waals surface area contributed by atoms with Crippen LogP contribution in [0.15, 0.2) is 48.5 Å². The molecular formula is C25H27N3O4. The quantitative estimate of drug-likeness (QED) is 0.638. The maximum absolute atomic E-state index is 11.5. The molecule has 0 bridgehead atoms. The molecule has 0 unspecified atom stereocenters. The summed E-state index contributed by atoms with van der Waals surface area (Å²) in [6.45, 7) is 5.44. The van der Waals surface area contributed by atoms with E-state index in [1.165, 1.54) is 0 Å². The zero-order valence-corrected chi connectivity index (χ0v) is 18.2. The molecule has 2 aromatic carbocycles. The zero-order chi connectivity index (χ0) is 21.9. The van der Waals surface area contributed by atoms with E-state index in [-0.39, 0.29) is 18.6 Å². The van der Waals surface area contributed by atoms with Crippen LogP contribution in [0.2, 0.25) is 0 Å². The fraction of sp³-hybridized carbons (Fsp3) is 0.360. The Hall–Kier alpha value is -3.32. The van der Waals surface area contributed by atoms with Gasteiger partial charge in [-0.2, -0.15) is 0 Å². The Morgan fingerprint density at radius 3 is 2.78 bits per heavy atom. The maximum atomic E-state index is 11.5. The third-order valence-corrected chi connectivity index (χ3v) is 5.93. The summed E-state index contributed by atoms with van der Waals surface area (Å²) in [5, 5.41) is 3.88. The van der Waals surface area contributed by atoms with E-state index < -0.39 is 0 Å². The van der Waals surface area contributed by atoms with Gasteiger partial charge in [0.1, 0.15) is 18.5 Å². The average Bonchev–Trinajstić information content (AvgIpc) is 2.80. The lowest BCUT2D eigenvalue weighted by molar-refractivity contribution is -0.118. The van der Waals surface area contributed by atoms with Crippen molar-refractivity contribution in [3.63, 3.8) is 0 Å². The van der Waals surface area contributed by atoms with Crippen molar-refractivity contribution in [2.75, 3.05) is 38.2 Å². The highest BCUT2D eigenvalue weighted by molar-refractivity contribution is 5.96. The first-order chi connectivity index (χ1) is 15.7. The first-order valence-electron chi connectivity index (χ1n) is 11.1. The Labute approximate surface area is 187 Å². The summed E-state index contributed by atoms with van der Waals surface area (Å²) in [7, 11) is 0. The molecule has 0 saturated carbocycles. The number of amides is 1. The molecule has 0 radical (unpaired) electrons. The van der Waals surface area contributed by atoms with Gasteiger partial charge in [-0.1, -0.05) is 12.1 Å². The first-order valence-corrected chi connectivity index (χ1v) is 11.1. The molecule has 0 spiro atoms. The van der Waals surface area contributed by atoms with Gasteiger partial charge in [0.2, 0.25) is 0 Å². The molecule has 2 aliphatic rings. The number of aromatic nitrogens is 1. The number of piperidine rings is 1. The molecule has 7 heteroatoms. The summed E-state index contributed by atoms with van der Waals surface area (Å²) in [6.07, 6.45) is 2.01. The largest absolute Gasteiger partial charge is 0.492 e. The number of nitrogens with one attached hydrogen (secondary N) is 1. The molecule has 1 amide bonds. The second-order valence-corrected chi connectivity index (χ2v) is 8.25. The van der Waals surface area contributed by atoms with E-state index in [0.29, 0.717) is 23.8 Å². The SMILES string of the molecule is Cc1ccc2c(OCCN3CCC(Oc4cccc5c4OCC(=O)N5)CC3)cccc2n1. The van der Waals surface area contributed by atoms with Crippen molar-refractivity contribution in [2.45, 2.75) is 25.9 Å². The van der Waals surface area contributed by atoms with Gasteiger partial charge in [-0.3, -0.25) is 14.7 Å². The van der Waals surface area contributed by atoms with Gasteiger partial charge in [0.25, 0.3) is 5.91 Å². The zero-order valence-electron chi connectivity index (χ0n) is 18.2. The number of fused-ring (bicyclic) bond motifs is 2. The Kier molecular flexibility index (Phi) is 5.81. The van der Waals surface area contributed by atoms with E-state index >= 15 is 0 Å². The van der Waals surface area contributed by atoms with Gasteiger partial charge in [0.15, 0.2) is 18.1 Å². The van der Waals surface area contributed by atoms with E-state index in [9.17, 15) is 4.79 Å². The highest BCUT2D eigenvalue weighted by Crippen LogP contribution is 2.38. The number of carbonyl (C=O) groups is 1. The second kappa shape index (κ2) is 9.04. The third kappa shape index (κ3) is 4.48. The monoisotopic (exact) mass is 433 g/mol. The van der Waals surface area contributed by atoms with Crippen LogP contribution in [0.1, 0.15) is 18.5 Å². The van der Waals surface area contributed by atoms with Gasteiger partial charge in [-0.25, -0.2) is 0 Å². The number of rotatable bonds is 6. The van der Waals surface area contributed by atoms with Gasteiger partial charge in [-0.05, 0) is 56.2 Å². The molecule has 1 aromatic heterocycles. The summed E-state index contributed by atoms with van der Waals surface area (Å²) >= 11 is 0. The van der Waals surface area contributed by atoms with Gasteiger partial charge < -0.3 is 19.5 Å². The molecule has 0 atom stereocenters. The van der Waals surface area contributed by atoms with Crippen LogP contribution in [-0.2, 0) is 4.79 Å². The predicted octanol–water partition coefficient (Wildman–Crippen LogP) is 3.80. The van der Waals surface area contributed by atoms with Crippen LogP contribution in [0.4, 0.5) is 5.69 Å². The minimum atomic E-state index is -0.139. The standard InChI is InChI=1S/C25H27N3O4/c1-17-8-9-19-20(26-17)4-2-6-22(19)30-15-14-28-12-10-18(11-13-28)32-23-7-3-5-21-25(23)31-16-24(29)27-21/h2-9,18H,10-16H2,1H3,(H,27,29). The van der Waals surface area contributed by atoms with Crippen LogP contribution in [0.25, 0.3) is 10.9 Å². The number of carbonyl (C=O) groups excluding carboxylic acids is 1. The van der Waals surface area contributed by atoms with Crippen molar-refractivity contribution in [3.8, 4) is 17.2 Å². The second-order valence-electron chi connectivity index (χ2n) is 8.25. The number of pyridine rings is 1. The minimum Gasteiger partial charge on any atom is -0.492 e. The summed E-state index contributed by atoms with van der Waals surface area (Å²) < 4.78 is 17.9.